The highest BCUT2D eigenvalue weighted by molar-refractivity contribution is 6.00. The molecule has 0 aliphatic carbocycles. The minimum absolute atomic E-state index is 0.0709. The molecule has 1 saturated heterocycles. The number of esters is 1. The maximum Gasteiger partial charge on any atom is 0.416 e. The third-order valence-corrected chi connectivity index (χ3v) is 5.71. The molecule has 1 fully saturated rings. The number of nitrogens with one attached hydrogen (secondary N) is 2. The number of alkyl halides is 3. The second-order valence-electron chi connectivity index (χ2n) is 8.47. The van der Waals surface area contributed by atoms with Crippen molar-refractivity contribution >= 4 is 22.6 Å². The summed E-state index contributed by atoms with van der Waals surface area (Å²) in [6.45, 7) is 2.62. The summed E-state index contributed by atoms with van der Waals surface area (Å²) >= 11 is 0. The Morgan fingerprint density at radius 3 is 2.57 bits per heavy atom. The van der Waals surface area contributed by atoms with Crippen LogP contribution in [0.2, 0.25) is 0 Å². The number of carbonyl (C=O) groups is 2. The average Bonchev–Trinajstić information content (AvgIpc) is 3.37. The van der Waals surface area contributed by atoms with Gasteiger partial charge in [0.2, 0.25) is 0 Å². The van der Waals surface area contributed by atoms with Crippen molar-refractivity contribution in [3.8, 4) is 11.5 Å². The fourth-order valence-electron chi connectivity index (χ4n) is 3.87. The van der Waals surface area contributed by atoms with Crippen LogP contribution in [0.1, 0.15) is 35.7 Å². The fraction of sp³-hybridized carbons (Fsp3) is 0.308. The van der Waals surface area contributed by atoms with E-state index in [0.717, 1.165) is 36.9 Å². The fourth-order valence-corrected chi connectivity index (χ4v) is 3.87. The molecular formula is C26H25F3N2O4. The van der Waals surface area contributed by atoms with Gasteiger partial charge in [-0.25, -0.2) is 0 Å². The average molecular weight is 486 g/mol. The summed E-state index contributed by atoms with van der Waals surface area (Å²) in [5, 5.41) is 7.33. The SMILES string of the molecule is C[C@H](COC(=O)[C@@H]1CCCN1)NC(=O)c1ccc2c(Oc3ccc(C(F)(F)F)cc3)cccc2c1. The summed E-state index contributed by atoms with van der Waals surface area (Å²) in [6.07, 6.45) is -2.73. The van der Waals surface area contributed by atoms with Gasteiger partial charge in [-0.05, 0) is 80.2 Å². The molecule has 9 heteroatoms. The van der Waals surface area contributed by atoms with Crippen LogP contribution in [0.25, 0.3) is 10.8 Å². The van der Waals surface area contributed by atoms with Gasteiger partial charge >= 0.3 is 12.1 Å². The molecule has 1 aliphatic heterocycles. The number of carbonyl (C=O) groups excluding carboxylic acids is 2. The lowest BCUT2D eigenvalue weighted by Crippen LogP contribution is -2.39. The summed E-state index contributed by atoms with van der Waals surface area (Å²) in [7, 11) is 0. The van der Waals surface area contributed by atoms with Crippen LogP contribution in [0.3, 0.4) is 0 Å². The molecule has 0 spiro atoms. The van der Waals surface area contributed by atoms with Crippen LogP contribution in [-0.4, -0.2) is 37.1 Å². The standard InChI is InChI=1S/C26H25F3N2O4/c1-16(15-34-25(33)22-5-3-13-30-22)31-24(32)18-7-12-21-17(14-18)4-2-6-23(21)35-20-10-8-19(9-11-20)26(27,28)29/h2,4,6-12,14,16,22,30H,3,5,13,15H2,1H3,(H,31,32)/t16-,22+/m1/s1. The quantitative estimate of drug-likeness (QED) is 0.457. The smallest absolute Gasteiger partial charge is 0.416 e. The Labute approximate surface area is 200 Å². The summed E-state index contributed by atoms with van der Waals surface area (Å²) in [4.78, 5) is 24.7. The highest BCUT2D eigenvalue weighted by atomic mass is 19.4. The predicted octanol–water partition coefficient (Wildman–Crippen LogP) is 5.06. The molecule has 2 N–H and O–H groups in total. The van der Waals surface area contributed by atoms with Gasteiger partial charge in [0.1, 0.15) is 24.1 Å². The first kappa shape index (κ1) is 24.5. The van der Waals surface area contributed by atoms with E-state index < -0.39 is 11.7 Å². The molecule has 6 nitrogen and oxygen atoms in total. The number of hydrogen-bond acceptors (Lipinski definition) is 5. The minimum atomic E-state index is -4.42. The van der Waals surface area contributed by atoms with Crippen molar-refractivity contribution in [3.63, 3.8) is 0 Å². The van der Waals surface area contributed by atoms with Crippen molar-refractivity contribution < 1.29 is 32.2 Å². The molecule has 0 bridgehead atoms. The van der Waals surface area contributed by atoms with Crippen LogP contribution in [0.15, 0.2) is 60.7 Å². The molecule has 4 rings (SSSR count). The summed E-state index contributed by atoms with van der Waals surface area (Å²) < 4.78 is 49.4. The van der Waals surface area contributed by atoms with E-state index in [4.69, 9.17) is 9.47 Å². The van der Waals surface area contributed by atoms with E-state index in [2.05, 4.69) is 10.6 Å². The first-order chi connectivity index (χ1) is 16.7. The third kappa shape index (κ3) is 6.10. The number of fused-ring (bicyclic) bond motifs is 1. The van der Waals surface area contributed by atoms with Crippen LogP contribution < -0.4 is 15.4 Å². The van der Waals surface area contributed by atoms with E-state index in [1.807, 2.05) is 6.07 Å². The highest BCUT2D eigenvalue weighted by Crippen LogP contribution is 2.33. The lowest BCUT2D eigenvalue weighted by molar-refractivity contribution is -0.146. The molecule has 0 aromatic heterocycles. The molecule has 0 radical (unpaired) electrons. The van der Waals surface area contributed by atoms with E-state index in [-0.39, 0.29) is 36.3 Å². The number of rotatable bonds is 7. The van der Waals surface area contributed by atoms with Gasteiger partial charge in [-0.3, -0.25) is 9.59 Å². The normalized spacial score (nSPS) is 16.6. The van der Waals surface area contributed by atoms with Gasteiger partial charge < -0.3 is 20.1 Å². The van der Waals surface area contributed by atoms with E-state index in [1.165, 1.54) is 12.1 Å². The zero-order chi connectivity index (χ0) is 25.0. The lowest BCUT2D eigenvalue weighted by Gasteiger charge is -2.16. The summed E-state index contributed by atoms with van der Waals surface area (Å²) in [5.74, 6) is 0.0943. The van der Waals surface area contributed by atoms with Crippen LogP contribution >= 0.6 is 0 Å². The first-order valence-corrected chi connectivity index (χ1v) is 11.3. The van der Waals surface area contributed by atoms with Crippen LogP contribution in [0.4, 0.5) is 13.2 Å². The number of ether oxygens (including phenoxy) is 2. The highest BCUT2D eigenvalue weighted by Gasteiger charge is 2.30. The van der Waals surface area contributed by atoms with E-state index in [0.29, 0.717) is 16.7 Å². The molecule has 1 amide bonds. The second kappa shape index (κ2) is 10.4. The van der Waals surface area contributed by atoms with Crippen molar-refractivity contribution in [3.05, 3.63) is 71.8 Å². The van der Waals surface area contributed by atoms with Gasteiger partial charge in [-0.15, -0.1) is 0 Å². The number of hydrogen-bond donors (Lipinski definition) is 2. The van der Waals surface area contributed by atoms with Crippen LogP contribution in [0.5, 0.6) is 11.5 Å². The van der Waals surface area contributed by atoms with Gasteiger partial charge in [-0.1, -0.05) is 12.1 Å². The Hall–Kier alpha value is -3.59. The Bertz CT molecular complexity index is 1210. The Morgan fingerprint density at radius 2 is 1.89 bits per heavy atom. The Morgan fingerprint density at radius 1 is 1.11 bits per heavy atom. The van der Waals surface area contributed by atoms with Crippen molar-refractivity contribution in [2.24, 2.45) is 0 Å². The predicted molar refractivity (Wildman–Crippen MR) is 124 cm³/mol. The van der Waals surface area contributed by atoms with Gasteiger partial charge in [0.25, 0.3) is 5.91 Å². The Balaban J connectivity index is 1.40. The summed E-state index contributed by atoms with van der Waals surface area (Å²) in [5.41, 5.74) is -0.336. The molecule has 0 unspecified atom stereocenters. The molecule has 1 heterocycles. The largest absolute Gasteiger partial charge is 0.462 e. The van der Waals surface area contributed by atoms with Crippen molar-refractivity contribution in [2.75, 3.05) is 13.2 Å². The van der Waals surface area contributed by atoms with Crippen LogP contribution in [0, 0.1) is 0 Å². The number of halogens is 3. The summed E-state index contributed by atoms with van der Waals surface area (Å²) in [6, 6.07) is 14.1. The molecule has 35 heavy (non-hydrogen) atoms. The van der Waals surface area contributed by atoms with Crippen molar-refractivity contribution in [2.45, 2.75) is 38.0 Å². The molecule has 1 aliphatic rings. The molecule has 2 atom stereocenters. The maximum atomic E-state index is 12.8. The van der Waals surface area contributed by atoms with E-state index in [9.17, 15) is 22.8 Å². The van der Waals surface area contributed by atoms with Gasteiger partial charge in [0, 0.05) is 10.9 Å². The number of amides is 1. The Kier molecular flexibility index (Phi) is 7.25. The van der Waals surface area contributed by atoms with Gasteiger partial charge in [-0.2, -0.15) is 13.2 Å². The first-order valence-electron chi connectivity index (χ1n) is 11.3. The third-order valence-electron chi connectivity index (χ3n) is 5.71. The monoisotopic (exact) mass is 486 g/mol. The molecule has 184 valence electrons. The van der Waals surface area contributed by atoms with Gasteiger partial charge in [0.15, 0.2) is 0 Å². The van der Waals surface area contributed by atoms with E-state index >= 15 is 0 Å². The maximum absolute atomic E-state index is 12.8. The van der Waals surface area contributed by atoms with Crippen molar-refractivity contribution in [1.82, 2.24) is 10.6 Å². The molecular weight excluding hydrogens is 461 g/mol. The molecule has 3 aromatic carbocycles. The van der Waals surface area contributed by atoms with Crippen LogP contribution in [-0.2, 0) is 15.7 Å². The topological polar surface area (TPSA) is 76.7 Å². The zero-order valence-electron chi connectivity index (χ0n) is 19.0. The lowest BCUT2D eigenvalue weighted by atomic mass is 10.1. The van der Waals surface area contributed by atoms with Gasteiger partial charge in [0.05, 0.1) is 11.6 Å². The van der Waals surface area contributed by atoms with Crippen molar-refractivity contribution in [1.29, 1.82) is 0 Å². The number of benzene rings is 3. The molecule has 3 aromatic rings. The zero-order valence-corrected chi connectivity index (χ0v) is 19.0. The second-order valence-corrected chi connectivity index (χ2v) is 8.47. The minimum Gasteiger partial charge on any atom is -0.462 e. The van der Waals surface area contributed by atoms with E-state index in [1.54, 1.807) is 37.3 Å². The molecule has 0 saturated carbocycles.